The maximum atomic E-state index is 14.1. The molecule has 8 nitrogen and oxygen atoms in total. The van der Waals surface area contributed by atoms with Crippen molar-refractivity contribution in [1.82, 2.24) is 20.5 Å². The number of halogens is 4. The number of pyridine rings is 1. The molecule has 0 radical (unpaired) electrons. The Morgan fingerprint density at radius 3 is 2.60 bits per heavy atom. The third kappa shape index (κ3) is 6.13. The molecule has 43 heavy (non-hydrogen) atoms. The van der Waals surface area contributed by atoms with E-state index in [4.69, 9.17) is 11.6 Å². The highest BCUT2D eigenvalue weighted by atomic mass is 35.5. The number of piperidine rings is 2. The van der Waals surface area contributed by atoms with Gasteiger partial charge < -0.3 is 15.1 Å². The van der Waals surface area contributed by atoms with Gasteiger partial charge in [-0.2, -0.15) is 13.2 Å². The van der Waals surface area contributed by atoms with Gasteiger partial charge in [-0.05, 0) is 61.1 Å². The highest BCUT2D eigenvalue weighted by Gasteiger charge is 2.41. The van der Waals surface area contributed by atoms with Crippen LogP contribution < -0.4 is 15.5 Å². The van der Waals surface area contributed by atoms with Crippen LogP contribution in [0.1, 0.15) is 52.0 Å². The van der Waals surface area contributed by atoms with Gasteiger partial charge in [0, 0.05) is 59.6 Å². The van der Waals surface area contributed by atoms with Crippen LogP contribution in [0.4, 0.5) is 19.0 Å². The number of hydrogen-bond donors (Lipinski definition) is 2. The Balaban J connectivity index is 1.04. The van der Waals surface area contributed by atoms with E-state index in [9.17, 15) is 27.6 Å². The first kappa shape index (κ1) is 29.6. The largest absolute Gasteiger partial charge is 0.419 e. The molecule has 0 saturated carbocycles. The molecule has 3 aromatic rings. The van der Waals surface area contributed by atoms with Gasteiger partial charge in [-0.3, -0.25) is 19.7 Å². The summed E-state index contributed by atoms with van der Waals surface area (Å²) in [5.74, 6) is -0.706. The summed E-state index contributed by atoms with van der Waals surface area (Å²) in [6, 6.07) is 7.19. The molecule has 5 heterocycles. The zero-order chi connectivity index (χ0) is 30.3. The summed E-state index contributed by atoms with van der Waals surface area (Å²) in [6.07, 6.45) is -1.12. The SMILES string of the molecule is O=C1CCC(N2Cc3c(csc3CNCC3CCN(c4ncc(-c5cccc(Cl)c5)cc4C(F)(F)F)CC3)C2=O)C(=O)N1. The van der Waals surface area contributed by atoms with E-state index >= 15 is 0 Å². The first-order valence-electron chi connectivity index (χ1n) is 14.1. The molecule has 6 rings (SSSR count). The molecule has 3 amide bonds. The van der Waals surface area contributed by atoms with E-state index < -0.39 is 23.7 Å². The molecule has 2 aromatic heterocycles. The van der Waals surface area contributed by atoms with Crippen molar-refractivity contribution in [2.45, 2.75) is 51.0 Å². The quantitative estimate of drug-likeness (QED) is 0.346. The fourth-order valence-corrected chi connectivity index (χ4v) is 7.23. The van der Waals surface area contributed by atoms with Crippen LogP contribution in [0.15, 0.2) is 41.9 Å². The zero-order valence-corrected chi connectivity index (χ0v) is 24.6. The van der Waals surface area contributed by atoms with Crippen LogP contribution in [0.3, 0.4) is 0 Å². The predicted octanol–water partition coefficient (Wildman–Crippen LogP) is 5.25. The van der Waals surface area contributed by atoms with Crippen molar-refractivity contribution < 1.29 is 27.6 Å². The summed E-state index contributed by atoms with van der Waals surface area (Å²) >= 11 is 7.54. The summed E-state index contributed by atoms with van der Waals surface area (Å²) in [6.45, 7) is 2.51. The lowest BCUT2D eigenvalue weighted by molar-refractivity contribution is -0.138. The van der Waals surface area contributed by atoms with E-state index in [1.54, 1.807) is 34.1 Å². The monoisotopic (exact) mass is 631 g/mol. The van der Waals surface area contributed by atoms with Gasteiger partial charge in [0.25, 0.3) is 5.91 Å². The molecule has 3 aliphatic heterocycles. The molecule has 2 saturated heterocycles. The fraction of sp³-hybridized carbons (Fsp3) is 0.400. The Bertz CT molecular complexity index is 1570. The number of anilines is 1. The molecular formula is C30H29ClF3N5O3S. The van der Waals surface area contributed by atoms with Crippen molar-refractivity contribution in [3.8, 4) is 11.1 Å². The molecule has 0 bridgehead atoms. The number of rotatable bonds is 7. The zero-order valence-electron chi connectivity index (χ0n) is 23.0. The van der Waals surface area contributed by atoms with Gasteiger partial charge in [0.15, 0.2) is 0 Å². The summed E-state index contributed by atoms with van der Waals surface area (Å²) in [7, 11) is 0. The normalized spacial score (nSPS) is 19.6. The molecule has 2 fully saturated rings. The maximum Gasteiger partial charge on any atom is 0.419 e. The minimum Gasteiger partial charge on any atom is -0.356 e. The fourth-order valence-electron chi connectivity index (χ4n) is 6.03. The third-order valence-electron chi connectivity index (χ3n) is 8.35. The number of nitrogens with one attached hydrogen (secondary N) is 2. The van der Waals surface area contributed by atoms with E-state index in [-0.39, 0.29) is 30.0 Å². The van der Waals surface area contributed by atoms with Gasteiger partial charge in [0.1, 0.15) is 11.9 Å². The Morgan fingerprint density at radius 1 is 1.09 bits per heavy atom. The minimum absolute atomic E-state index is 0.0518. The lowest BCUT2D eigenvalue weighted by atomic mass is 9.96. The van der Waals surface area contributed by atoms with Crippen LogP contribution in [0.5, 0.6) is 0 Å². The Hall–Kier alpha value is -3.48. The van der Waals surface area contributed by atoms with Crippen LogP contribution >= 0.6 is 22.9 Å². The highest BCUT2D eigenvalue weighted by molar-refractivity contribution is 7.10. The van der Waals surface area contributed by atoms with Gasteiger partial charge in [-0.15, -0.1) is 11.3 Å². The average Bonchev–Trinajstić information content (AvgIpc) is 3.52. The highest BCUT2D eigenvalue weighted by Crippen LogP contribution is 2.39. The van der Waals surface area contributed by atoms with Gasteiger partial charge in [-0.1, -0.05) is 23.7 Å². The van der Waals surface area contributed by atoms with Crippen molar-refractivity contribution in [3.05, 3.63) is 68.5 Å². The van der Waals surface area contributed by atoms with Crippen LogP contribution in [-0.4, -0.2) is 53.3 Å². The van der Waals surface area contributed by atoms with Gasteiger partial charge in [0.05, 0.1) is 11.1 Å². The molecule has 1 aromatic carbocycles. The summed E-state index contributed by atoms with van der Waals surface area (Å²) in [5.41, 5.74) is 1.70. The van der Waals surface area contributed by atoms with E-state index in [0.717, 1.165) is 16.5 Å². The van der Waals surface area contributed by atoms with Gasteiger partial charge in [-0.25, -0.2) is 4.98 Å². The number of alkyl halides is 3. The smallest absolute Gasteiger partial charge is 0.356 e. The number of carbonyl (C=O) groups is 3. The summed E-state index contributed by atoms with van der Waals surface area (Å²) in [5, 5.41) is 8.04. The number of fused-ring (bicyclic) bond motifs is 1. The van der Waals surface area contributed by atoms with Crippen molar-refractivity contribution >= 4 is 46.5 Å². The van der Waals surface area contributed by atoms with Crippen LogP contribution in [-0.2, 0) is 28.9 Å². The number of benzene rings is 1. The molecule has 226 valence electrons. The molecule has 1 atom stereocenters. The Labute approximate surface area is 255 Å². The second-order valence-corrected chi connectivity index (χ2v) is 12.5. The topological polar surface area (TPSA) is 94.6 Å². The van der Waals surface area contributed by atoms with E-state index in [2.05, 4.69) is 15.6 Å². The Morgan fingerprint density at radius 2 is 1.88 bits per heavy atom. The number of carbonyl (C=O) groups excluding carboxylic acids is 3. The first-order chi connectivity index (χ1) is 20.6. The number of imide groups is 1. The number of hydrogen-bond acceptors (Lipinski definition) is 7. The lowest BCUT2D eigenvalue weighted by Gasteiger charge is -2.34. The molecule has 1 unspecified atom stereocenters. The second-order valence-electron chi connectivity index (χ2n) is 11.1. The molecule has 2 N–H and O–H groups in total. The number of aromatic nitrogens is 1. The first-order valence-corrected chi connectivity index (χ1v) is 15.4. The predicted molar refractivity (Wildman–Crippen MR) is 157 cm³/mol. The van der Waals surface area contributed by atoms with E-state index in [1.165, 1.54) is 17.5 Å². The van der Waals surface area contributed by atoms with Gasteiger partial charge in [0.2, 0.25) is 11.8 Å². The molecule has 0 aliphatic carbocycles. The van der Waals surface area contributed by atoms with Crippen molar-refractivity contribution in [1.29, 1.82) is 0 Å². The van der Waals surface area contributed by atoms with Crippen molar-refractivity contribution in [2.24, 2.45) is 5.92 Å². The molecular weight excluding hydrogens is 603 g/mol. The van der Waals surface area contributed by atoms with Crippen LogP contribution in [0.2, 0.25) is 5.02 Å². The van der Waals surface area contributed by atoms with Gasteiger partial charge >= 0.3 is 6.18 Å². The van der Waals surface area contributed by atoms with Crippen molar-refractivity contribution in [3.63, 3.8) is 0 Å². The third-order valence-corrected chi connectivity index (χ3v) is 9.61. The molecule has 13 heteroatoms. The summed E-state index contributed by atoms with van der Waals surface area (Å²) < 4.78 is 42.2. The summed E-state index contributed by atoms with van der Waals surface area (Å²) in [4.78, 5) is 45.3. The van der Waals surface area contributed by atoms with Crippen LogP contribution in [0, 0.1) is 5.92 Å². The van der Waals surface area contributed by atoms with E-state index in [0.29, 0.717) is 73.7 Å². The number of thiophene rings is 1. The average molecular weight is 632 g/mol. The van der Waals surface area contributed by atoms with Crippen LogP contribution in [0.25, 0.3) is 11.1 Å². The van der Waals surface area contributed by atoms with E-state index in [1.807, 2.05) is 5.38 Å². The number of amides is 3. The number of nitrogens with zero attached hydrogens (tertiary/aromatic N) is 3. The molecule has 3 aliphatic rings. The molecule has 0 spiro atoms. The lowest BCUT2D eigenvalue weighted by Crippen LogP contribution is -2.52. The maximum absolute atomic E-state index is 14.1. The van der Waals surface area contributed by atoms with Crippen molar-refractivity contribution in [2.75, 3.05) is 24.5 Å². The minimum atomic E-state index is -4.55. The second kappa shape index (κ2) is 11.9. The Kier molecular flexibility index (Phi) is 8.18. The standard InChI is InChI=1S/C30H29ClF3N5O3S/c31-20-3-1-2-18(10-20)19-11-23(30(32,33)34)27(36-13-19)38-8-6-17(7-9-38)12-35-14-25-21-15-39(29(42)22(21)16-43-25)24-4-5-26(40)37-28(24)41/h1-3,10-11,13,16-17,24,35H,4-9,12,14-15H2,(H,37,40,41).